The summed E-state index contributed by atoms with van der Waals surface area (Å²) in [5, 5.41) is 16.6. The van der Waals surface area contributed by atoms with Crippen molar-refractivity contribution in [2.24, 2.45) is 0 Å². The molecule has 12 rings (SSSR count). The molecule has 0 saturated carbocycles. The number of nitriles is 1. The SMILES string of the molecule is CC(C)c1c[c]([Ge]([CH3])([CH3])[CH3])cc(C(C)C)c1N1c2ccccc2[N-]C1c1[c-]cccc1.CC(C)c1cc(-c2ccc(-c3ccccc3)cc2)cc(C(C)C)c1-n1c(-c2[c-]ccc3c2oc2cc(C#N)ccc23)nc2ccccc21.[Ir+3]. The van der Waals surface area contributed by atoms with Crippen LogP contribution in [0, 0.1) is 23.5 Å². The quantitative estimate of drug-likeness (QED) is 0.0955. The van der Waals surface area contributed by atoms with Crippen molar-refractivity contribution in [1.82, 2.24) is 9.55 Å². The number of benzene rings is 9. The first kappa shape index (κ1) is 55.8. The molecular formula is C72H68GeIrN5O. The van der Waals surface area contributed by atoms with E-state index in [1.165, 1.54) is 55.9 Å². The first-order chi connectivity index (χ1) is 38.1. The number of hydrogen-bond acceptors (Lipinski definition) is 4. The number of nitrogens with zero attached hydrogens (tertiary/aromatic N) is 5. The van der Waals surface area contributed by atoms with E-state index in [0.717, 1.165) is 50.1 Å². The maximum Gasteiger partial charge on any atom is 3.00 e. The van der Waals surface area contributed by atoms with Crippen LogP contribution in [-0.2, 0) is 20.1 Å². The molecule has 80 heavy (non-hydrogen) atoms. The van der Waals surface area contributed by atoms with Crippen molar-refractivity contribution in [2.75, 3.05) is 4.90 Å². The summed E-state index contributed by atoms with van der Waals surface area (Å²) in [4.78, 5) is 7.73. The number of anilines is 2. The van der Waals surface area contributed by atoms with Crippen molar-refractivity contribution in [1.29, 1.82) is 5.26 Å². The Hall–Kier alpha value is -7.47. The minimum atomic E-state index is -1.99. The van der Waals surface area contributed by atoms with Gasteiger partial charge in [-0.2, -0.15) is 5.26 Å². The molecule has 400 valence electrons. The van der Waals surface area contributed by atoms with E-state index in [1.54, 1.807) is 10.5 Å². The molecule has 0 amide bonds. The van der Waals surface area contributed by atoms with Gasteiger partial charge in [0.05, 0.1) is 34.1 Å². The molecule has 0 saturated heterocycles. The van der Waals surface area contributed by atoms with Crippen molar-refractivity contribution in [3.8, 4) is 45.4 Å². The predicted molar refractivity (Wildman–Crippen MR) is 334 cm³/mol. The largest absolute Gasteiger partial charge is 3.00 e. The second kappa shape index (κ2) is 22.9. The van der Waals surface area contributed by atoms with Crippen LogP contribution in [0.3, 0.4) is 0 Å². The molecule has 0 radical (unpaired) electrons. The van der Waals surface area contributed by atoms with Crippen molar-refractivity contribution < 1.29 is 24.5 Å². The van der Waals surface area contributed by atoms with E-state index in [9.17, 15) is 5.26 Å². The van der Waals surface area contributed by atoms with Gasteiger partial charge in [-0.05, 0) is 81.6 Å². The summed E-state index contributed by atoms with van der Waals surface area (Å²) in [6, 6.07) is 73.1. The van der Waals surface area contributed by atoms with Crippen LogP contribution in [0.25, 0.3) is 77.6 Å². The van der Waals surface area contributed by atoms with Gasteiger partial charge in [-0.3, -0.25) is 4.98 Å². The van der Waals surface area contributed by atoms with Crippen LogP contribution in [0.5, 0.6) is 0 Å². The van der Waals surface area contributed by atoms with E-state index in [2.05, 4.69) is 234 Å². The monoisotopic (exact) mass is 1290 g/mol. The fourth-order valence-electron chi connectivity index (χ4n) is 11.3. The first-order valence-electron chi connectivity index (χ1n) is 27.9. The number of aromatic nitrogens is 2. The average Bonchev–Trinajstić information content (AvgIpc) is 4.36. The maximum atomic E-state index is 9.53. The minimum absolute atomic E-state index is 0. The van der Waals surface area contributed by atoms with Crippen molar-refractivity contribution in [3.05, 3.63) is 233 Å². The normalized spacial score (nSPS) is 13.2. The molecule has 0 aliphatic carbocycles. The molecule has 1 unspecified atom stereocenters. The molecule has 9 aromatic carbocycles. The number of para-hydroxylation sites is 4. The second-order valence-corrected chi connectivity index (χ2v) is 33.9. The van der Waals surface area contributed by atoms with Crippen LogP contribution >= 0.6 is 0 Å². The van der Waals surface area contributed by atoms with Gasteiger partial charge in [-0.15, -0.1) is 18.2 Å². The van der Waals surface area contributed by atoms with Gasteiger partial charge < -0.3 is 8.98 Å². The molecule has 1 aliphatic heterocycles. The summed E-state index contributed by atoms with van der Waals surface area (Å²) in [6.07, 6.45) is -0.0874. The Morgan fingerprint density at radius 2 is 1.16 bits per heavy atom. The first-order valence-corrected chi connectivity index (χ1v) is 35.3. The molecule has 2 aromatic heterocycles. The Balaban J connectivity index is 0.000000195. The number of rotatable bonds is 11. The second-order valence-electron chi connectivity index (χ2n) is 23.3. The summed E-state index contributed by atoms with van der Waals surface area (Å²) in [7, 11) is 0. The molecule has 3 heterocycles. The summed E-state index contributed by atoms with van der Waals surface area (Å²) in [5.41, 5.74) is 20.8. The van der Waals surface area contributed by atoms with E-state index < -0.39 is 13.3 Å². The molecule has 0 bridgehead atoms. The Morgan fingerprint density at radius 3 is 1.79 bits per heavy atom. The van der Waals surface area contributed by atoms with Crippen molar-refractivity contribution in [2.45, 2.75) is 102 Å². The smallest absolute Gasteiger partial charge is 0.500 e. The standard InChI is InChI=1S/C44H34N3O.C28H34GeN2.Ir/c1-27(2)37-24-33(32-20-18-31(19-21-32)30-11-6-5-7-12-30)25-38(28(3)4)42(37)47-40-16-9-8-15-39(40)46-44(47)36-14-10-13-35-34-22-17-29(26-45)23-41(34)48-43(35)36;1-19(2)23-17-22(29(5,6)7)18-24(20(3)4)27(23)31-26-16-12-11-15-25(26)30-28(31)21-13-9-8-10-14-21;/h5-13,15-25,27-28H,1-4H3;8-13,15-20,28H,1-7H3;/q-1;-2;+3. The van der Waals surface area contributed by atoms with Gasteiger partial charge in [0.25, 0.3) is 0 Å². The molecule has 0 fully saturated rings. The molecule has 11 aromatic rings. The Bertz CT molecular complexity index is 4010. The van der Waals surface area contributed by atoms with Crippen LogP contribution in [0.4, 0.5) is 17.1 Å². The number of hydrogen-bond donors (Lipinski definition) is 0. The topological polar surface area (TPSA) is 72.1 Å². The fraction of sp³-hybridized carbons (Fsp3) is 0.222. The van der Waals surface area contributed by atoms with Crippen LogP contribution in [0.1, 0.15) is 119 Å². The molecule has 0 spiro atoms. The van der Waals surface area contributed by atoms with Gasteiger partial charge in [0, 0.05) is 11.1 Å². The van der Waals surface area contributed by atoms with Gasteiger partial charge in [-0.1, -0.05) is 111 Å². The van der Waals surface area contributed by atoms with Crippen molar-refractivity contribution in [3.63, 3.8) is 0 Å². The third-order valence-corrected chi connectivity index (χ3v) is 19.7. The average molecular weight is 1280 g/mol. The molecular weight excluding hydrogens is 1220 g/mol. The maximum absolute atomic E-state index is 9.53. The Morgan fingerprint density at radius 1 is 0.575 bits per heavy atom. The molecule has 0 N–H and O–H groups in total. The van der Waals surface area contributed by atoms with E-state index in [-0.39, 0.29) is 38.1 Å². The zero-order valence-electron chi connectivity index (χ0n) is 47.7. The molecule has 1 aliphatic rings. The van der Waals surface area contributed by atoms with E-state index in [4.69, 9.17) is 14.7 Å². The number of furan rings is 1. The van der Waals surface area contributed by atoms with Crippen LogP contribution in [0.2, 0.25) is 17.3 Å². The fourth-order valence-corrected chi connectivity index (χ4v) is 13.7. The molecule has 6 nitrogen and oxygen atoms in total. The van der Waals surface area contributed by atoms with Gasteiger partial charge in [-0.25, -0.2) is 0 Å². The van der Waals surface area contributed by atoms with E-state index >= 15 is 0 Å². The van der Waals surface area contributed by atoms with Gasteiger partial charge in [0.1, 0.15) is 5.58 Å². The van der Waals surface area contributed by atoms with E-state index in [0.29, 0.717) is 28.6 Å². The summed E-state index contributed by atoms with van der Waals surface area (Å²) in [6.45, 7) is 18.4. The summed E-state index contributed by atoms with van der Waals surface area (Å²) < 4.78 is 10.4. The molecule has 1 atom stereocenters. The van der Waals surface area contributed by atoms with Crippen LogP contribution in [-0.4, -0.2) is 22.8 Å². The van der Waals surface area contributed by atoms with Gasteiger partial charge >= 0.3 is 211 Å². The van der Waals surface area contributed by atoms with Gasteiger partial charge in [0.2, 0.25) is 0 Å². The van der Waals surface area contributed by atoms with Gasteiger partial charge in [0.15, 0.2) is 0 Å². The summed E-state index contributed by atoms with van der Waals surface area (Å²) >= 11 is -1.99. The predicted octanol–water partition coefficient (Wildman–Crippen LogP) is 20.0. The van der Waals surface area contributed by atoms with E-state index in [1.807, 2.05) is 42.5 Å². The van der Waals surface area contributed by atoms with Crippen molar-refractivity contribution >= 4 is 67.7 Å². The minimum Gasteiger partial charge on any atom is -0.500 e. The third-order valence-electron chi connectivity index (χ3n) is 15.5. The Labute approximate surface area is 489 Å². The molecule has 8 heteroatoms. The number of imidazole rings is 1. The van der Waals surface area contributed by atoms with Crippen LogP contribution in [0.15, 0.2) is 186 Å². The number of fused-ring (bicyclic) bond motifs is 5. The zero-order valence-corrected chi connectivity index (χ0v) is 52.2. The summed E-state index contributed by atoms with van der Waals surface area (Å²) in [5.74, 6) is 9.61. The Kier molecular flexibility index (Phi) is 16.0. The third kappa shape index (κ3) is 10.6. The zero-order chi connectivity index (χ0) is 55.3. The van der Waals surface area contributed by atoms with Crippen LogP contribution < -0.4 is 9.30 Å².